The van der Waals surface area contributed by atoms with E-state index in [0.717, 1.165) is 51.3 Å². The first-order chi connectivity index (χ1) is 11.8. The van der Waals surface area contributed by atoms with Gasteiger partial charge in [0.25, 0.3) is 0 Å². The number of hydrogen-bond acceptors (Lipinski definition) is 5. The lowest BCUT2D eigenvalue weighted by Gasteiger charge is -2.38. The van der Waals surface area contributed by atoms with Gasteiger partial charge in [-0.2, -0.15) is 0 Å². The number of nitrogens with zero attached hydrogens (tertiary/aromatic N) is 4. The molecule has 0 N–H and O–H groups in total. The SMILES string of the molecule is C[C@@H](c1cccnc1)N1CCN(Cc2noc3c2CCCC3)CC1. The van der Waals surface area contributed by atoms with Crippen LogP contribution in [0.1, 0.15) is 48.4 Å². The molecule has 5 nitrogen and oxygen atoms in total. The van der Waals surface area contributed by atoms with Crippen molar-refractivity contribution in [2.45, 2.75) is 45.2 Å². The number of fused-ring (bicyclic) bond motifs is 1. The van der Waals surface area contributed by atoms with Crippen LogP contribution < -0.4 is 0 Å². The lowest BCUT2D eigenvalue weighted by atomic mass is 9.96. The third-order valence-electron chi connectivity index (χ3n) is 5.53. The van der Waals surface area contributed by atoms with Crippen LogP contribution in [0.4, 0.5) is 0 Å². The van der Waals surface area contributed by atoms with E-state index in [1.54, 1.807) is 0 Å². The fourth-order valence-corrected chi connectivity index (χ4v) is 3.93. The molecule has 1 saturated heterocycles. The lowest BCUT2D eigenvalue weighted by Crippen LogP contribution is -2.46. The second kappa shape index (κ2) is 7.03. The van der Waals surface area contributed by atoms with Crippen molar-refractivity contribution in [1.29, 1.82) is 0 Å². The highest BCUT2D eigenvalue weighted by Crippen LogP contribution is 2.26. The number of aromatic nitrogens is 2. The van der Waals surface area contributed by atoms with Crippen molar-refractivity contribution in [3.63, 3.8) is 0 Å². The topological polar surface area (TPSA) is 45.4 Å². The molecule has 1 fully saturated rings. The highest BCUT2D eigenvalue weighted by molar-refractivity contribution is 5.25. The molecule has 2 aliphatic rings. The Morgan fingerprint density at radius 2 is 2.00 bits per heavy atom. The van der Waals surface area contributed by atoms with Crippen LogP contribution in [0.15, 0.2) is 29.0 Å². The number of hydrogen-bond donors (Lipinski definition) is 0. The van der Waals surface area contributed by atoms with Crippen molar-refractivity contribution in [3.8, 4) is 0 Å². The maximum atomic E-state index is 5.55. The van der Waals surface area contributed by atoms with Crippen molar-refractivity contribution in [1.82, 2.24) is 19.9 Å². The van der Waals surface area contributed by atoms with E-state index in [2.05, 4.69) is 32.9 Å². The molecule has 4 rings (SSSR count). The van der Waals surface area contributed by atoms with Gasteiger partial charge in [0.15, 0.2) is 0 Å². The first-order valence-corrected chi connectivity index (χ1v) is 9.14. The second-order valence-corrected chi connectivity index (χ2v) is 7.01. The molecule has 0 saturated carbocycles. The van der Waals surface area contributed by atoms with E-state index in [1.165, 1.54) is 29.7 Å². The van der Waals surface area contributed by atoms with Crippen LogP contribution >= 0.6 is 0 Å². The molecule has 0 aromatic carbocycles. The summed E-state index contributed by atoms with van der Waals surface area (Å²) < 4.78 is 5.55. The van der Waals surface area contributed by atoms with E-state index in [9.17, 15) is 0 Å². The molecular weight excluding hydrogens is 300 g/mol. The van der Waals surface area contributed by atoms with Gasteiger partial charge in [-0.25, -0.2) is 0 Å². The maximum Gasteiger partial charge on any atom is 0.140 e. The number of pyridine rings is 1. The molecule has 3 heterocycles. The largest absolute Gasteiger partial charge is 0.361 e. The summed E-state index contributed by atoms with van der Waals surface area (Å²) in [4.78, 5) is 9.31. The third kappa shape index (κ3) is 3.23. The van der Waals surface area contributed by atoms with Crippen molar-refractivity contribution < 1.29 is 4.52 Å². The van der Waals surface area contributed by atoms with Gasteiger partial charge < -0.3 is 4.52 Å². The van der Waals surface area contributed by atoms with Crippen molar-refractivity contribution in [2.24, 2.45) is 0 Å². The van der Waals surface area contributed by atoms with Gasteiger partial charge in [-0.1, -0.05) is 11.2 Å². The standard InChI is InChI=1S/C19H26N4O/c1-15(16-5-4-8-20-13-16)23-11-9-22(10-12-23)14-18-17-6-2-3-7-19(17)24-21-18/h4-5,8,13,15H,2-3,6-7,9-12,14H2,1H3/t15-/m0/s1. The second-order valence-electron chi connectivity index (χ2n) is 7.01. The summed E-state index contributed by atoms with van der Waals surface area (Å²) in [7, 11) is 0. The molecule has 1 aliphatic heterocycles. The smallest absolute Gasteiger partial charge is 0.140 e. The fraction of sp³-hybridized carbons (Fsp3) is 0.579. The highest BCUT2D eigenvalue weighted by Gasteiger charge is 2.25. The zero-order valence-corrected chi connectivity index (χ0v) is 14.4. The number of aryl methyl sites for hydroxylation is 1. The number of rotatable bonds is 4. The summed E-state index contributed by atoms with van der Waals surface area (Å²) in [6.45, 7) is 7.58. The molecule has 0 spiro atoms. The molecule has 0 radical (unpaired) electrons. The van der Waals surface area contributed by atoms with E-state index < -0.39 is 0 Å². The van der Waals surface area contributed by atoms with Gasteiger partial charge in [-0.3, -0.25) is 14.8 Å². The molecule has 1 aliphatic carbocycles. The normalized spacial score (nSPS) is 20.7. The van der Waals surface area contributed by atoms with Gasteiger partial charge in [0.05, 0.1) is 0 Å². The zero-order valence-electron chi connectivity index (χ0n) is 14.4. The van der Waals surface area contributed by atoms with E-state index in [1.807, 2.05) is 18.5 Å². The summed E-state index contributed by atoms with van der Waals surface area (Å²) in [5.74, 6) is 1.14. The first kappa shape index (κ1) is 15.8. The summed E-state index contributed by atoms with van der Waals surface area (Å²) in [5.41, 5.74) is 3.88. The van der Waals surface area contributed by atoms with Gasteiger partial charge >= 0.3 is 0 Å². The fourth-order valence-electron chi connectivity index (χ4n) is 3.93. The quantitative estimate of drug-likeness (QED) is 0.864. The average Bonchev–Trinajstić information content (AvgIpc) is 3.06. The summed E-state index contributed by atoms with van der Waals surface area (Å²) in [6, 6.07) is 4.63. The van der Waals surface area contributed by atoms with Crippen LogP contribution in [0, 0.1) is 0 Å². The molecule has 128 valence electrons. The molecule has 2 aromatic heterocycles. The first-order valence-electron chi connectivity index (χ1n) is 9.14. The average molecular weight is 326 g/mol. The molecule has 0 unspecified atom stereocenters. The Hall–Kier alpha value is -1.72. The van der Waals surface area contributed by atoms with E-state index >= 15 is 0 Å². The van der Waals surface area contributed by atoms with Gasteiger partial charge in [0, 0.05) is 63.1 Å². The Kier molecular flexibility index (Phi) is 4.63. The highest BCUT2D eigenvalue weighted by atomic mass is 16.5. The molecular formula is C19H26N4O. The van der Waals surface area contributed by atoms with Gasteiger partial charge in [0.2, 0.25) is 0 Å². The van der Waals surface area contributed by atoms with Crippen LogP contribution in [0.2, 0.25) is 0 Å². The monoisotopic (exact) mass is 326 g/mol. The van der Waals surface area contributed by atoms with Crippen LogP contribution in [0.25, 0.3) is 0 Å². The Labute approximate surface area is 143 Å². The molecule has 0 bridgehead atoms. The summed E-state index contributed by atoms with van der Waals surface area (Å²) in [6.07, 6.45) is 8.56. The van der Waals surface area contributed by atoms with E-state index in [4.69, 9.17) is 4.52 Å². The zero-order chi connectivity index (χ0) is 16.4. The van der Waals surface area contributed by atoms with Crippen LogP contribution in [0.3, 0.4) is 0 Å². The van der Waals surface area contributed by atoms with Crippen molar-refractivity contribution >= 4 is 0 Å². The number of piperazine rings is 1. The molecule has 24 heavy (non-hydrogen) atoms. The molecule has 0 amide bonds. The molecule has 5 heteroatoms. The summed E-state index contributed by atoms with van der Waals surface area (Å²) >= 11 is 0. The minimum atomic E-state index is 0.431. The molecule has 2 aromatic rings. The Morgan fingerprint density at radius 1 is 1.17 bits per heavy atom. The van der Waals surface area contributed by atoms with Crippen LogP contribution in [-0.4, -0.2) is 46.1 Å². The van der Waals surface area contributed by atoms with Gasteiger partial charge in [-0.15, -0.1) is 0 Å². The van der Waals surface area contributed by atoms with Crippen molar-refractivity contribution in [3.05, 3.63) is 47.1 Å². The van der Waals surface area contributed by atoms with Crippen molar-refractivity contribution in [2.75, 3.05) is 26.2 Å². The molecule has 1 atom stereocenters. The lowest BCUT2D eigenvalue weighted by molar-refractivity contribution is 0.0961. The van der Waals surface area contributed by atoms with Gasteiger partial charge in [0.1, 0.15) is 11.5 Å². The van der Waals surface area contributed by atoms with E-state index in [-0.39, 0.29) is 0 Å². The Balaban J connectivity index is 1.34. The predicted octanol–water partition coefficient (Wildman–Crippen LogP) is 2.83. The van der Waals surface area contributed by atoms with Gasteiger partial charge in [-0.05, 0) is 37.8 Å². The maximum absolute atomic E-state index is 5.55. The minimum absolute atomic E-state index is 0.431. The van der Waals surface area contributed by atoms with Crippen LogP contribution in [0.5, 0.6) is 0 Å². The Bertz CT molecular complexity index is 661. The van der Waals surface area contributed by atoms with E-state index in [0.29, 0.717) is 6.04 Å². The minimum Gasteiger partial charge on any atom is -0.361 e. The predicted molar refractivity (Wildman–Crippen MR) is 92.6 cm³/mol. The third-order valence-corrected chi connectivity index (χ3v) is 5.53. The van der Waals surface area contributed by atoms with Crippen LogP contribution in [-0.2, 0) is 19.4 Å². The Morgan fingerprint density at radius 3 is 2.79 bits per heavy atom. The summed E-state index contributed by atoms with van der Waals surface area (Å²) in [5, 5.41) is 4.36.